The fourth-order valence-corrected chi connectivity index (χ4v) is 3.41. The molecule has 0 aliphatic carbocycles. The molecule has 5 nitrogen and oxygen atoms in total. The number of thioether (sulfide) groups is 1. The van der Waals surface area contributed by atoms with E-state index in [9.17, 15) is 9.59 Å². The molecule has 1 aliphatic heterocycles. The number of hydrogen-bond donors (Lipinski definition) is 0. The van der Waals surface area contributed by atoms with Crippen LogP contribution >= 0.6 is 11.8 Å². The van der Waals surface area contributed by atoms with Gasteiger partial charge in [0.15, 0.2) is 6.29 Å². The van der Waals surface area contributed by atoms with Crippen LogP contribution in [0.4, 0.5) is 0 Å². The third-order valence-electron chi connectivity index (χ3n) is 4.08. The molecule has 0 spiro atoms. The van der Waals surface area contributed by atoms with Gasteiger partial charge in [-0.25, -0.2) is 0 Å². The fourth-order valence-electron chi connectivity index (χ4n) is 2.59. The number of carbonyl (C=O) groups excluding carboxylic acids is 2. The van der Waals surface area contributed by atoms with E-state index in [1.54, 1.807) is 18.7 Å². The first-order valence-corrected chi connectivity index (χ1v) is 10.3. The number of ether oxygens (including phenoxy) is 3. The van der Waals surface area contributed by atoms with Gasteiger partial charge in [0, 0.05) is 23.7 Å². The highest BCUT2D eigenvalue weighted by molar-refractivity contribution is 7.99. The van der Waals surface area contributed by atoms with Gasteiger partial charge in [0.05, 0.1) is 6.61 Å². The minimum absolute atomic E-state index is 0.0458. The molecule has 1 saturated heterocycles. The summed E-state index contributed by atoms with van der Waals surface area (Å²) in [6.07, 6.45) is 4.34. The average molecular weight is 381 g/mol. The van der Waals surface area contributed by atoms with Crippen molar-refractivity contribution in [2.45, 2.75) is 56.6 Å². The topological polar surface area (TPSA) is 61.8 Å². The fraction of sp³-hybridized carbons (Fsp3) is 0.600. The van der Waals surface area contributed by atoms with Gasteiger partial charge >= 0.3 is 5.97 Å². The first kappa shape index (κ1) is 20.9. The maximum Gasteiger partial charge on any atom is 0.313 e. The van der Waals surface area contributed by atoms with E-state index in [1.807, 2.05) is 12.1 Å². The van der Waals surface area contributed by atoms with Gasteiger partial charge < -0.3 is 14.2 Å². The highest BCUT2D eigenvalue weighted by Crippen LogP contribution is 2.20. The average Bonchev–Trinajstić information content (AvgIpc) is 2.66. The smallest absolute Gasteiger partial charge is 0.313 e. The molecule has 1 aromatic carbocycles. The summed E-state index contributed by atoms with van der Waals surface area (Å²) in [6.45, 7) is 3.51. The molecule has 1 aliphatic rings. The van der Waals surface area contributed by atoms with Crippen molar-refractivity contribution in [1.29, 1.82) is 0 Å². The minimum atomic E-state index is -0.437. The Labute approximate surface area is 159 Å². The molecule has 26 heavy (non-hydrogen) atoms. The maximum absolute atomic E-state index is 11.5. The second kappa shape index (κ2) is 12.1. The molecule has 6 heteroatoms. The largest absolute Gasteiger partial charge is 0.464 e. The molecule has 1 aromatic rings. The van der Waals surface area contributed by atoms with Crippen LogP contribution in [0.2, 0.25) is 0 Å². The first-order chi connectivity index (χ1) is 12.7. The summed E-state index contributed by atoms with van der Waals surface area (Å²) in [6, 6.07) is 8.30. The SMILES string of the molecule is CCC(=O)CC(=O)OCCSc1cccc(CCOC2CCCCO2)c1. The highest BCUT2D eigenvalue weighted by atomic mass is 32.2. The zero-order chi connectivity index (χ0) is 18.6. The highest BCUT2D eigenvalue weighted by Gasteiger charge is 2.13. The molecule has 0 radical (unpaired) electrons. The normalized spacial score (nSPS) is 17.0. The molecule has 1 heterocycles. The summed E-state index contributed by atoms with van der Waals surface area (Å²) in [4.78, 5) is 23.8. The van der Waals surface area contributed by atoms with Crippen molar-refractivity contribution in [3.63, 3.8) is 0 Å². The van der Waals surface area contributed by atoms with E-state index in [2.05, 4.69) is 12.1 Å². The van der Waals surface area contributed by atoms with Crippen LogP contribution in [-0.4, -0.2) is 43.6 Å². The Morgan fingerprint density at radius 2 is 2.15 bits per heavy atom. The van der Waals surface area contributed by atoms with Crippen molar-refractivity contribution < 1.29 is 23.8 Å². The van der Waals surface area contributed by atoms with Crippen LogP contribution in [0.5, 0.6) is 0 Å². The first-order valence-electron chi connectivity index (χ1n) is 9.29. The molecule has 0 bridgehead atoms. The van der Waals surface area contributed by atoms with E-state index in [-0.39, 0.29) is 18.5 Å². The van der Waals surface area contributed by atoms with E-state index in [0.29, 0.717) is 25.4 Å². The van der Waals surface area contributed by atoms with Crippen LogP contribution < -0.4 is 0 Å². The van der Waals surface area contributed by atoms with Crippen LogP contribution in [0.3, 0.4) is 0 Å². The Morgan fingerprint density at radius 1 is 1.27 bits per heavy atom. The minimum Gasteiger partial charge on any atom is -0.464 e. The third kappa shape index (κ3) is 8.34. The molecule has 2 rings (SSSR count). The van der Waals surface area contributed by atoms with Crippen molar-refractivity contribution in [2.75, 3.05) is 25.6 Å². The van der Waals surface area contributed by atoms with Crippen LogP contribution in [-0.2, 0) is 30.2 Å². The van der Waals surface area contributed by atoms with Gasteiger partial charge in [0.2, 0.25) is 0 Å². The van der Waals surface area contributed by atoms with Gasteiger partial charge in [-0.2, -0.15) is 0 Å². The summed E-state index contributed by atoms with van der Waals surface area (Å²) >= 11 is 1.64. The van der Waals surface area contributed by atoms with Crippen LogP contribution in [0.15, 0.2) is 29.2 Å². The predicted octanol–water partition coefficient (Wildman–Crippen LogP) is 3.78. The number of rotatable bonds is 11. The monoisotopic (exact) mass is 380 g/mol. The zero-order valence-corrected chi connectivity index (χ0v) is 16.2. The standard InChI is InChI=1S/C20H28O5S/c1-2-17(21)15-19(22)23-12-13-26-18-7-5-6-16(14-18)9-11-25-20-8-3-4-10-24-20/h5-7,14,20H,2-4,8-13,15H2,1H3. The number of Topliss-reactive ketones (excluding diaryl/α,β-unsaturated/α-hetero) is 1. The number of ketones is 1. The summed E-state index contributed by atoms with van der Waals surface area (Å²) < 4.78 is 16.4. The Morgan fingerprint density at radius 3 is 2.92 bits per heavy atom. The molecule has 0 saturated carbocycles. The molecule has 0 N–H and O–H groups in total. The quantitative estimate of drug-likeness (QED) is 0.252. The molecule has 0 amide bonds. The van der Waals surface area contributed by atoms with Crippen molar-refractivity contribution in [1.82, 2.24) is 0 Å². The van der Waals surface area contributed by atoms with Crippen molar-refractivity contribution in [2.24, 2.45) is 0 Å². The Kier molecular flexibility index (Phi) is 9.74. The molecule has 144 valence electrons. The Balaban J connectivity index is 1.63. The van der Waals surface area contributed by atoms with Gasteiger partial charge in [0.1, 0.15) is 18.8 Å². The molecular formula is C20H28O5S. The summed E-state index contributed by atoms with van der Waals surface area (Å²) in [5.41, 5.74) is 1.22. The molecule has 0 aromatic heterocycles. The molecule has 1 fully saturated rings. The van der Waals surface area contributed by atoms with Crippen LogP contribution in [0.25, 0.3) is 0 Å². The lowest BCUT2D eigenvalue weighted by molar-refractivity contribution is -0.161. The van der Waals surface area contributed by atoms with Crippen molar-refractivity contribution in [3.05, 3.63) is 29.8 Å². The van der Waals surface area contributed by atoms with Gasteiger partial charge in [-0.3, -0.25) is 9.59 Å². The van der Waals surface area contributed by atoms with E-state index < -0.39 is 5.97 Å². The second-order valence-corrected chi connectivity index (χ2v) is 7.37. The number of esters is 1. The Hall–Kier alpha value is -1.37. The predicted molar refractivity (Wildman–Crippen MR) is 101 cm³/mol. The van der Waals surface area contributed by atoms with Gasteiger partial charge in [-0.1, -0.05) is 19.1 Å². The van der Waals surface area contributed by atoms with Crippen LogP contribution in [0.1, 0.15) is 44.6 Å². The maximum atomic E-state index is 11.5. The zero-order valence-electron chi connectivity index (χ0n) is 15.4. The Bertz CT molecular complexity index is 569. The van der Waals surface area contributed by atoms with Gasteiger partial charge in [-0.05, 0) is 43.4 Å². The van der Waals surface area contributed by atoms with Gasteiger partial charge in [-0.15, -0.1) is 11.8 Å². The van der Waals surface area contributed by atoms with Crippen molar-refractivity contribution in [3.8, 4) is 0 Å². The number of hydrogen-bond acceptors (Lipinski definition) is 6. The summed E-state index contributed by atoms with van der Waals surface area (Å²) in [7, 11) is 0. The second-order valence-electron chi connectivity index (χ2n) is 6.20. The lowest BCUT2D eigenvalue weighted by Crippen LogP contribution is -2.23. The molecule has 1 atom stereocenters. The van der Waals surface area contributed by atoms with E-state index in [4.69, 9.17) is 14.2 Å². The number of carbonyl (C=O) groups is 2. The number of benzene rings is 1. The summed E-state index contributed by atoms with van der Waals surface area (Å²) in [5.74, 6) is 0.145. The summed E-state index contributed by atoms with van der Waals surface area (Å²) in [5, 5.41) is 0. The van der Waals surface area contributed by atoms with Gasteiger partial charge in [0.25, 0.3) is 0 Å². The third-order valence-corrected chi connectivity index (χ3v) is 5.04. The van der Waals surface area contributed by atoms with E-state index >= 15 is 0 Å². The van der Waals surface area contributed by atoms with E-state index in [0.717, 1.165) is 30.8 Å². The van der Waals surface area contributed by atoms with Crippen LogP contribution in [0, 0.1) is 0 Å². The van der Waals surface area contributed by atoms with Crippen molar-refractivity contribution >= 4 is 23.5 Å². The van der Waals surface area contributed by atoms with E-state index in [1.165, 1.54) is 12.0 Å². The molecular weight excluding hydrogens is 352 g/mol. The lowest BCUT2D eigenvalue weighted by Gasteiger charge is -2.22. The lowest BCUT2D eigenvalue weighted by atomic mass is 10.1. The molecule has 1 unspecified atom stereocenters.